The number of halogens is 1. The predicted octanol–water partition coefficient (Wildman–Crippen LogP) is 3.34. The van der Waals surface area contributed by atoms with Crippen LogP contribution in [0, 0.1) is 10.1 Å². The van der Waals surface area contributed by atoms with Crippen molar-refractivity contribution in [3.8, 4) is 0 Å². The second-order valence-electron chi connectivity index (χ2n) is 6.28. The molecule has 0 bridgehead atoms. The highest BCUT2D eigenvalue weighted by Gasteiger charge is 2.27. The topological polar surface area (TPSA) is 92.6 Å². The van der Waals surface area contributed by atoms with Crippen LogP contribution in [0.3, 0.4) is 0 Å². The highest BCUT2D eigenvalue weighted by Crippen LogP contribution is 2.21. The van der Waals surface area contributed by atoms with Crippen molar-refractivity contribution in [2.24, 2.45) is 0 Å². The van der Waals surface area contributed by atoms with E-state index in [9.17, 15) is 19.7 Å². The lowest BCUT2D eigenvalue weighted by Crippen LogP contribution is -2.48. The van der Waals surface area contributed by atoms with Crippen molar-refractivity contribution in [1.29, 1.82) is 0 Å². The first-order chi connectivity index (χ1) is 13.3. The zero-order chi connectivity index (χ0) is 20.7. The van der Waals surface area contributed by atoms with Crippen LogP contribution in [0.25, 0.3) is 0 Å². The zero-order valence-electron chi connectivity index (χ0n) is 15.7. The summed E-state index contributed by atoms with van der Waals surface area (Å²) in [6, 6.07) is 12.4. The van der Waals surface area contributed by atoms with E-state index in [4.69, 9.17) is 11.6 Å². The largest absolute Gasteiger partial charge is 0.355 e. The van der Waals surface area contributed by atoms with Gasteiger partial charge in [0.1, 0.15) is 6.04 Å². The van der Waals surface area contributed by atoms with Crippen LogP contribution in [0.4, 0.5) is 5.69 Å². The van der Waals surface area contributed by atoms with E-state index < -0.39 is 11.0 Å². The number of rotatable bonds is 8. The maximum atomic E-state index is 13.0. The van der Waals surface area contributed by atoms with Gasteiger partial charge in [-0.2, -0.15) is 0 Å². The minimum Gasteiger partial charge on any atom is -0.355 e. The monoisotopic (exact) mass is 403 g/mol. The van der Waals surface area contributed by atoms with Gasteiger partial charge in [-0.05, 0) is 31.5 Å². The molecule has 0 saturated carbocycles. The standard InChI is InChI=1S/C20H22ClN3O4/c1-3-22-20(26)14(2)23(13-15-7-6-9-17(21)11-15)19(25)12-16-8-4-5-10-18(16)24(27)28/h4-11,14H,3,12-13H2,1-2H3,(H,22,26)/t14-/m0/s1. The maximum Gasteiger partial charge on any atom is 0.273 e. The number of nitrogens with zero attached hydrogens (tertiary/aromatic N) is 2. The summed E-state index contributed by atoms with van der Waals surface area (Å²) in [5.74, 6) is -0.673. The van der Waals surface area contributed by atoms with Crippen LogP contribution >= 0.6 is 11.6 Å². The van der Waals surface area contributed by atoms with E-state index in [1.54, 1.807) is 50.2 Å². The number of carbonyl (C=O) groups is 2. The van der Waals surface area contributed by atoms with Gasteiger partial charge in [-0.1, -0.05) is 41.9 Å². The van der Waals surface area contributed by atoms with Gasteiger partial charge in [0.25, 0.3) is 5.69 Å². The van der Waals surface area contributed by atoms with E-state index in [2.05, 4.69) is 5.32 Å². The summed E-state index contributed by atoms with van der Waals surface area (Å²) in [6.07, 6.45) is -0.179. The van der Waals surface area contributed by atoms with E-state index in [-0.39, 0.29) is 30.5 Å². The Bertz CT molecular complexity index is 872. The average Bonchev–Trinajstić information content (AvgIpc) is 2.66. The Balaban J connectivity index is 2.31. The second-order valence-corrected chi connectivity index (χ2v) is 6.72. The molecule has 0 aliphatic carbocycles. The number of carbonyl (C=O) groups excluding carboxylic acids is 2. The summed E-state index contributed by atoms with van der Waals surface area (Å²) >= 11 is 6.03. The van der Waals surface area contributed by atoms with Crippen LogP contribution < -0.4 is 5.32 Å². The SMILES string of the molecule is CCNC(=O)[C@H](C)N(Cc1cccc(Cl)c1)C(=O)Cc1ccccc1[N+](=O)[O-]. The molecular formula is C20H22ClN3O4. The van der Waals surface area contributed by atoms with Crippen molar-refractivity contribution in [3.63, 3.8) is 0 Å². The highest BCUT2D eigenvalue weighted by molar-refractivity contribution is 6.30. The molecule has 8 heteroatoms. The summed E-state index contributed by atoms with van der Waals surface area (Å²) in [7, 11) is 0. The molecule has 2 rings (SSSR count). The van der Waals surface area contributed by atoms with Crippen LogP contribution in [0.15, 0.2) is 48.5 Å². The molecule has 2 aromatic carbocycles. The van der Waals surface area contributed by atoms with E-state index >= 15 is 0 Å². The number of nitrogens with one attached hydrogen (secondary N) is 1. The third-order valence-electron chi connectivity index (χ3n) is 4.29. The average molecular weight is 404 g/mol. The Kier molecular flexibility index (Phi) is 7.52. The Morgan fingerprint density at radius 2 is 1.93 bits per heavy atom. The number of hydrogen-bond acceptors (Lipinski definition) is 4. The van der Waals surface area contributed by atoms with Crippen LogP contribution in [-0.2, 0) is 22.6 Å². The summed E-state index contributed by atoms with van der Waals surface area (Å²) in [6.45, 7) is 4.03. The Hall–Kier alpha value is -2.93. The van der Waals surface area contributed by atoms with Gasteiger partial charge in [0.2, 0.25) is 11.8 Å². The normalized spacial score (nSPS) is 11.5. The summed E-state index contributed by atoms with van der Waals surface area (Å²) in [5.41, 5.74) is 0.945. The first kappa shape index (κ1) is 21.4. The van der Waals surface area contributed by atoms with E-state index in [0.717, 1.165) is 5.56 Å². The van der Waals surface area contributed by atoms with Gasteiger partial charge < -0.3 is 10.2 Å². The van der Waals surface area contributed by atoms with Gasteiger partial charge in [-0.15, -0.1) is 0 Å². The minimum atomic E-state index is -0.741. The predicted molar refractivity (Wildman–Crippen MR) is 107 cm³/mol. The van der Waals surface area contributed by atoms with Gasteiger partial charge >= 0.3 is 0 Å². The molecule has 0 radical (unpaired) electrons. The van der Waals surface area contributed by atoms with E-state index in [1.165, 1.54) is 11.0 Å². The number of hydrogen-bond donors (Lipinski definition) is 1. The van der Waals surface area contributed by atoms with Crippen LogP contribution in [0.1, 0.15) is 25.0 Å². The van der Waals surface area contributed by atoms with Gasteiger partial charge in [-0.3, -0.25) is 19.7 Å². The van der Waals surface area contributed by atoms with Gasteiger partial charge in [0.15, 0.2) is 0 Å². The van der Waals surface area contributed by atoms with Crippen LogP contribution in [0.5, 0.6) is 0 Å². The fourth-order valence-corrected chi connectivity index (χ4v) is 3.05. The molecule has 148 valence electrons. The summed E-state index contributed by atoms with van der Waals surface area (Å²) < 4.78 is 0. The molecule has 0 aliphatic heterocycles. The Morgan fingerprint density at radius 1 is 1.21 bits per heavy atom. The summed E-state index contributed by atoms with van der Waals surface area (Å²) in [5, 5.41) is 14.5. The number of likely N-dealkylation sites (N-methyl/N-ethyl adjacent to an activating group) is 1. The lowest BCUT2D eigenvalue weighted by Gasteiger charge is -2.28. The molecule has 0 saturated heterocycles. The molecule has 28 heavy (non-hydrogen) atoms. The molecule has 1 atom stereocenters. The zero-order valence-corrected chi connectivity index (χ0v) is 16.5. The van der Waals surface area contributed by atoms with Crippen LogP contribution in [0.2, 0.25) is 5.02 Å². The van der Waals surface area contributed by atoms with Crippen LogP contribution in [-0.4, -0.2) is 34.2 Å². The van der Waals surface area contributed by atoms with Gasteiger partial charge in [-0.25, -0.2) is 0 Å². The van der Waals surface area contributed by atoms with E-state index in [0.29, 0.717) is 17.1 Å². The molecule has 0 spiro atoms. The smallest absolute Gasteiger partial charge is 0.273 e. The van der Waals surface area contributed by atoms with Gasteiger partial charge in [0.05, 0.1) is 11.3 Å². The molecular weight excluding hydrogens is 382 g/mol. The number of nitro groups is 1. The number of para-hydroxylation sites is 1. The number of benzene rings is 2. The molecule has 2 aromatic rings. The molecule has 0 aromatic heterocycles. The molecule has 0 fully saturated rings. The van der Waals surface area contributed by atoms with Crippen molar-refractivity contribution < 1.29 is 14.5 Å². The Morgan fingerprint density at radius 3 is 2.57 bits per heavy atom. The summed E-state index contributed by atoms with van der Waals surface area (Å²) in [4.78, 5) is 37.5. The molecule has 1 N–H and O–H groups in total. The quantitative estimate of drug-likeness (QED) is 0.540. The van der Waals surface area contributed by atoms with Crippen molar-refractivity contribution in [1.82, 2.24) is 10.2 Å². The fourth-order valence-electron chi connectivity index (χ4n) is 2.84. The number of nitro benzene ring substituents is 1. The Labute approximate surface area is 168 Å². The first-order valence-corrected chi connectivity index (χ1v) is 9.25. The number of amides is 2. The fraction of sp³-hybridized carbons (Fsp3) is 0.300. The highest BCUT2D eigenvalue weighted by atomic mass is 35.5. The molecule has 0 aliphatic rings. The third kappa shape index (κ3) is 5.53. The molecule has 2 amide bonds. The molecule has 0 heterocycles. The maximum absolute atomic E-state index is 13.0. The first-order valence-electron chi connectivity index (χ1n) is 8.87. The lowest BCUT2D eigenvalue weighted by molar-refractivity contribution is -0.385. The second kappa shape index (κ2) is 9.85. The van der Waals surface area contributed by atoms with Crippen molar-refractivity contribution in [3.05, 3.63) is 74.8 Å². The third-order valence-corrected chi connectivity index (χ3v) is 4.53. The lowest BCUT2D eigenvalue weighted by atomic mass is 10.1. The van der Waals surface area contributed by atoms with E-state index in [1.807, 2.05) is 6.07 Å². The van der Waals surface area contributed by atoms with Crippen molar-refractivity contribution in [2.75, 3.05) is 6.54 Å². The minimum absolute atomic E-state index is 0.121. The van der Waals surface area contributed by atoms with Crippen molar-refractivity contribution >= 4 is 29.1 Å². The molecule has 0 unspecified atom stereocenters. The molecule has 7 nitrogen and oxygen atoms in total. The van der Waals surface area contributed by atoms with Gasteiger partial charge in [0, 0.05) is 29.7 Å². The van der Waals surface area contributed by atoms with Crippen molar-refractivity contribution in [2.45, 2.75) is 32.9 Å².